The van der Waals surface area contributed by atoms with Gasteiger partial charge in [-0.05, 0) is 38.8 Å². The molecule has 1 aliphatic rings. The summed E-state index contributed by atoms with van der Waals surface area (Å²) in [5.41, 5.74) is 5.63. The molecule has 0 radical (unpaired) electrons. The van der Waals surface area contributed by atoms with Gasteiger partial charge in [0.1, 0.15) is 22.9 Å². The average Bonchev–Trinajstić information content (AvgIpc) is 3.26. The summed E-state index contributed by atoms with van der Waals surface area (Å²) in [7, 11) is 3.78. The quantitative estimate of drug-likeness (QED) is 0.518. The van der Waals surface area contributed by atoms with E-state index in [1.165, 1.54) is 0 Å². The number of nitrogens with zero attached hydrogens (tertiary/aromatic N) is 4. The lowest BCUT2D eigenvalue weighted by Gasteiger charge is -2.21. The molecule has 0 amide bonds. The van der Waals surface area contributed by atoms with Crippen molar-refractivity contribution in [1.82, 2.24) is 19.7 Å². The predicted octanol–water partition coefficient (Wildman–Crippen LogP) is 4.30. The van der Waals surface area contributed by atoms with Crippen molar-refractivity contribution in [2.45, 2.75) is 32.6 Å². The number of pyridine rings is 1. The fourth-order valence-electron chi connectivity index (χ4n) is 4.49. The van der Waals surface area contributed by atoms with E-state index in [4.69, 9.17) is 24.0 Å². The van der Waals surface area contributed by atoms with Crippen LogP contribution < -0.4 is 4.74 Å². The second-order valence-corrected chi connectivity index (χ2v) is 7.68. The lowest BCUT2D eigenvalue weighted by atomic mass is 9.99. The number of hydrogen-bond donors (Lipinski definition) is 0. The molecule has 0 unspecified atom stereocenters. The smallest absolute Gasteiger partial charge is 0.141 e. The highest BCUT2D eigenvalue weighted by molar-refractivity contribution is 6.05. The van der Waals surface area contributed by atoms with Gasteiger partial charge >= 0.3 is 0 Å². The molecule has 150 valence electrons. The summed E-state index contributed by atoms with van der Waals surface area (Å²) in [4.78, 5) is 9.63. The van der Waals surface area contributed by atoms with Crippen LogP contribution >= 0.6 is 0 Å². The zero-order valence-corrected chi connectivity index (χ0v) is 17.2. The number of imidazole rings is 1. The number of ether oxygens (including phenoxy) is 2. The van der Waals surface area contributed by atoms with Crippen molar-refractivity contribution in [3.05, 3.63) is 35.6 Å². The third-order valence-corrected chi connectivity index (χ3v) is 5.94. The molecule has 1 aliphatic heterocycles. The highest BCUT2D eigenvalue weighted by Crippen LogP contribution is 2.39. The van der Waals surface area contributed by atoms with Crippen molar-refractivity contribution < 1.29 is 14.0 Å². The summed E-state index contributed by atoms with van der Waals surface area (Å²) in [6.45, 7) is 5.44. The molecule has 1 fully saturated rings. The molecule has 7 nitrogen and oxygen atoms in total. The van der Waals surface area contributed by atoms with Crippen molar-refractivity contribution in [2.24, 2.45) is 7.05 Å². The van der Waals surface area contributed by atoms with E-state index in [1.807, 2.05) is 20.0 Å². The third-order valence-electron chi connectivity index (χ3n) is 5.94. The van der Waals surface area contributed by atoms with E-state index in [-0.39, 0.29) is 0 Å². The largest absolute Gasteiger partial charge is 0.496 e. The Balaban J connectivity index is 1.74. The van der Waals surface area contributed by atoms with Crippen LogP contribution in [0, 0.1) is 13.8 Å². The Morgan fingerprint density at radius 2 is 1.93 bits per heavy atom. The predicted molar refractivity (Wildman–Crippen MR) is 110 cm³/mol. The fraction of sp³-hybridized carbons (Fsp3) is 0.409. The normalized spacial score (nSPS) is 15.4. The first kappa shape index (κ1) is 18.1. The SMILES string of the molecule is COc1cc2c(cc1-c1c(C)noc1C)ncc1nc(C3CCOCC3)n(C)c12. The van der Waals surface area contributed by atoms with Crippen molar-refractivity contribution in [2.75, 3.05) is 20.3 Å². The molecule has 29 heavy (non-hydrogen) atoms. The first-order chi connectivity index (χ1) is 14.1. The van der Waals surface area contributed by atoms with E-state index in [0.29, 0.717) is 5.92 Å². The van der Waals surface area contributed by atoms with Crippen molar-refractivity contribution in [3.63, 3.8) is 0 Å². The standard InChI is InChI=1S/C22H24N4O3/c1-12-20(13(2)29-25-12)16-9-17-15(10-19(16)27-4)21-18(11-23-17)24-22(26(21)3)14-5-7-28-8-6-14/h9-11,14H,5-8H2,1-4H3. The molecule has 7 heteroatoms. The van der Waals surface area contributed by atoms with E-state index < -0.39 is 0 Å². The summed E-state index contributed by atoms with van der Waals surface area (Å²) in [6, 6.07) is 4.11. The van der Waals surface area contributed by atoms with Crippen LogP contribution in [0.3, 0.4) is 0 Å². The monoisotopic (exact) mass is 392 g/mol. The fourth-order valence-corrected chi connectivity index (χ4v) is 4.49. The number of methoxy groups -OCH3 is 1. The lowest BCUT2D eigenvalue weighted by Crippen LogP contribution is -2.17. The zero-order valence-electron chi connectivity index (χ0n) is 17.2. The van der Waals surface area contributed by atoms with Gasteiger partial charge in [0, 0.05) is 37.1 Å². The zero-order chi connectivity index (χ0) is 20.1. The van der Waals surface area contributed by atoms with Crippen molar-refractivity contribution in [1.29, 1.82) is 0 Å². The van der Waals surface area contributed by atoms with Crippen molar-refractivity contribution >= 4 is 21.9 Å². The van der Waals surface area contributed by atoms with Crippen LogP contribution in [0.15, 0.2) is 22.9 Å². The molecule has 0 spiro atoms. The van der Waals surface area contributed by atoms with E-state index in [1.54, 1.807) is 7.11 Å². The second kappa shape index (κ2) is 6.84. The minimum atomic E-state index is 0.416. The molecule has 0 bridgehead atoms. The molecule has 0 saturated carbocycles. The van der Waals surface area contributed by atoms with Gasteiger partial charge < -0.3 is 18.6 Å². The van der Waals surface area contributed by atoms with Crippen LogP contribution in [-0.2, 0) is 11.8 Å². The van der Waals surface area contributed by atoms with Crippen LogP contribution in [0.4, 0.5) is 0 Å². The van der Waals surface area contributed by atoms with Crippen LogP contribution in [0.5, 0.6) is 5.75 Å². The number of benzene rings is 1. The van der Waals surface area contributed by atoms with Gasteiger partial charge in [-0.3, -0.25) is 4.98 Å². The Bertz CT molecular complexity index is 1200. The summed E-state index contributed by atoms with van der Waals surface area (Å²) in [5, 5.41) is 5.12. The lowest BCUT2D eigenvalue weighted by molar-refractivity contribution is 0.0831. The maximum atomic E-state index is 5.76. The molecule has 4 aromatic rings. The minimum absolute atomic E-state index is 0.416. The molecule has 0 aliphatic carbocycles. The molecule has 1 aromatic carbocycles. The van der Waals surface area contributed by atoms with Gasteiger partial charge in [0.05, 0.1) is 35.6 Å². The highest BCUT2D eigenvalue weighted by Gasteiger charge is 2.24. The minimum Gasteiger partial charge on any atom is -0.496 e. The topological polar surface area (TPSA) is 75.2 Å². The number of fused-ring (bicyclic) bond motifs is 3. The Morgan fingerprint density at radius 1 is 1.14 bits per heavy atom. The van der Waals surface area contributed by atoms with Gasteiger partial charge in [-0.25, -0.2) is 4.98 Å². The summed E-state index contributed by atoms with van der Waals surface area (Å²) < 4.78 is 18.9. The molecule has 1 saturated heterocycles. The maximum absolute atomic E-state index is 5.76. The van der Waals surface area contributed by atoms with E-state index >= 15 is 0 Å². The summed E-state index contributed by atoms with van der Waals surface area (Å²) in [5.74, 6) is 3.06. The van der Waals surface area contributed by atoms with Gasteiger partial charge in [-0.1, -0.05) is 5.16 Å². The molecule has 3 aromatic heterocycles. The molecule has 0 atom stereocenters. The van der Waals surface area contributed by atoms with Gasteiger partial charge in [0.25, 0.3) is 0 Å². The molecule has 4 heterocycles. The summed E-state index contributed by atoms with van der Waals surface area (Å²) >= 11 is 0. The molecule has 5 rings (SSSR count). The first-order valence-electron chi connectivity index (χ1n) is 9.92. The highest BCUT2D eigenvalue weighted by atomic mass is 16.5. The maximum Gasteiger partial charge on any atom is 0.141 e. The van der Waals surface area contributed by atoms with Crippen molar-refractivity contribution in [3.8, 4) is 16.9 Å². The van der Waals surface area contributed by atoms with Gasteiger partial charge in [0.15, 0.2) is 0 Å². The second-order valence-electron chi connectivity index (χ2n) is 7.68. The molecule has 0 N–H and O–H groups in total. The van der Waals surface area contributed by atoms with E-state index in [9.17, 15) is 0 Å². The number of aromatic nitrogens is 4. The number of aryl methyl sites for hydroxylation is 3. The van der Waals surface area contributed by atoms with Gasteiger partial charge in [0.2, 0.25) is 0 Å². The molecular weight excluding hydrogens is 368 g/mol. The van der Waals surface area contributed by atoms with Crippen LogP contribution in [0.1, 0.15) is 36.0 Å². The number of hydrogen-bond acceptors (Lipinski definition) is 6. The van der Waals surface area contributed by atoms with Gasteiger partial charge in [-0.2, -0.15) is 0 Å². The summed E-state index contributed by atoms with van der Waals surface area (Å²) in [6.07, 6.45) is 3.87. The van der Waals surface area contributed by atoms with Crippen LogP contribution in [0.25, 0.3) is 33.1 Å². The van der Waals surface area contributed by atoms with E-state index in [0.717, 1.165) is 82.1 Å². The Morgan fingerprint density at radius 3 is 2.62 bits per heavy atom. The molecular formula is C22H24N4O3. The average molecular weight is 392 g/mol. The van der Waals surface area contributed by atoms with Gasteiger partial charge in [-0.15, -0.1) is 0 Å². The third kappa shape index (κ3) is 2.80. The first-order valence-corrected chi connectivity index (χ1v) is 9.92. The Kier molecular flexibility index (Phi) is 4.28. The Hall–Kier alpha value is -2.93. The Labute approximate surface area is 168 Å². The number of rotatable bonds is 3. The van der Waals surface area contributed by atoms with E-state index in [2.05, 4.69) is 28.9 Å². The van der Waals surface area contributed by atoms with Crippen LogP contribution in [0.2, 0.25) is 0 Å². The van der Waals surface area contributed by atoms with Crippen LogP contribution in [-0.4, -0.2) is 40.0 Å².